The third-order valence-corrected chi connectivity index (χ3v) is 2.95. The molecule has 0 saturated carbocycles. The number of furan rings is 1. The average Bonchev–Trinajstić information content (AvgIpc) is 2.87. The van der Waals surface area contributed by atoms with Gasteiger partial charge in [-0.05, 0) is 32.4 Å². The van der Waals surface area contributed by atoms with Crippen LogP contribution < -0.4 is 10.6 Å². The van der Waals surface area contributed by atoms with Crippen LogP contribution in [0.25, 0.3) is 0 Å². The molecule has 0 spiro atoms. The average molecular weight is 294 g/mol. The third-order valence-electron chi connectivity index (χ3n) is 2.95. The quantitative estimate of drug-likeness (QED) is 0.618. The van der Waals surface area contributed by atoms with Crippen molar-refractivity contribution in [3.63, 3.8) is 0 Å². The van der Waals surface area contributed by atoms with Gasteiger partial charge in [0.2, 0.25) is 5.91 Å². The van der Waals surface area contributed by atoms with Crippen molar-refractivity contribution < 1.29 is 9.21 Å². The topological polar surface area (TPSA) is 69.9 Å². The van der Waals surface area contributed by atoms with Crippen LogP contribution in [0.5, 0.6) is 0 Å². The highest BCUT2D eigenvalue weighted by molar-refractivity contribution is 5.84. The molecule has 0 aliphatic rings. The molecule has 118 valence electrons. The molecule has 21 heavy (non-hydrogen) atoms. The van der Waals surface area contributed by atoms with Crippen LogP contribution >= 0.6 is 0 Å². The summed E-state index contributed by atoms with van der Waals surface area (Å²) in [5, 5.41) is 6.45. The van der Waals surface area contributed by atoms with Crippen molar-refractivity contribution in [1.29, 1.82) is 0 Å². The highest BCUT2D eigenvalue weighted by Crippen LogP contribution is 2.15. The van der Waals surface area contributed by atoms with Crippen LogP contribution in [0.4, 0.5) is 0 Å². The number of nitrogens with one attached hydrogen (secondary N) is 2. The van der Waals surface area contributed by atoms with Gasteiger partial charge in [-0.3, -0.25) is 4.79 Å². The lowest BCUT2D eigenvalue weighted by atomic mass is 10.2. The summed E-state index contributed by atoms with van der Waals surface area (Å²) in [5.74, 6) is 2.31. The third kappa shape index (κ3) is 5.89. The number of hydrogen-bond donors (Lipinski definition) is 2. The van der Waals surface area contributed by atoms with Crippen LogP contribution in [-0.2, 0) is 4.79 Å². The fourth-order valence-corrected chi connectivity index (χ4v) is 1.65. The van der Waals surface area contributed by atoms with E-state index in [0.29, 0.717) is 5.96 Å². The summed E-state index contributed by atoms with van der Waals surface area (Å²) in [6.07, 6.45) is 0.983. The summed E-state index contributed by atoms with van der Waals surface area (Å²) < 4.78 is 5.59. The Morgan fingerprint density at radius 2 is 2.14 bits per heavy atom. The minimum atomic E-state index is -0.0332. The van der Waals surface area contributed by atoms with Crippen LogP contribution in [-0.4, -0.2) is 44.0 Å². The molecule has 0 aliphatic heterocycles. The largest absolute Gasteiger partial charge is 0.464 e. The number of aliphatic imine (C=N–C) groups is 1. The molecule has 6 nitrogen and oxygen atoms in total. The molecule has 0 radical (unpaired) electrons. The van der Waals surface area contributed by atoms with Gasteiger partial charge in [-0.25, -0.2) is 4.99 Å². The van der Waals surface area contributed by atoms with Gasteiger partial charge in [0.1, 0.15) is 18.1 Å². The van der Waals surface area contributed by atoms with Gasteiger partial charge in [0.25, 0.3) is 0 Å². The second-order valence-corrected chi connectivity index (χ2v) is 5.19. The maximum atomic E-state index is 11.6. The van der Waals surface area contributed by atoms with Crippen molar-refractivity contribution in [2.24, 2.45) is 4.99 Å². The molecule has 6 heteroatoms. The molecule has 1 heterocycles. The summed E-state index contributed by atoms with van der Waals surface area (Å²) in [6, 6.07) is 3.85. The van der Waals surface area contributed by atoms with E-state index in [2.05, 4.69) is 22.5 Å². The van der Waals surface area contributed by atoms with Crippen LogP contribution in [0.15, 0.2) is 21.5 Å². The van der Waals surface area contributed by atoms with E-state index in [0.717, 1.165) is 24.5 Å². The monoisotopic (exact) mass is 294 g/mol. The van der Waals surface area contributed by atoms with E-state index in [1.165, 1.54) is 4.90 Å². The summed E-state index contributed by atoms with van der Waals surface area (Å²) in [6.45, 7) is 6.91. The van der Waals surface area contributed by atoms with Crippen LogP contribution in [0.3, 0.4) is 0 Å². The molecule has 1 aromatic rings. The van der Waals surface area contributed by atoms with E-state index in [1.807, 2.05) is 26.0 Å². The molecule has 0 aromatic carbocycles. The molecule has 2 N–H and O–H groups in total. The molecule has 1 atom stereocenters. The Balaban J connectivity index is 2.68. The van der Waals surface area contributed by atoms with Crippen LogP contribution in [0.1, 0.15) is 37.8 Å². The van der Waals surface area contributed by atoms with Gasteiger partial charge in [-0.15, -0.1) is 0 Å². The molecule has 1 unspecified atom stereocenters. The van der Waals surface area contributed by atoms with Crippen molar-refractivity contribution in [3.8, 4) is 0 Å². The minimum absolute atomic E-state index is 0.0173. The zero-order valence-electron chi connectivity index (χ0n) is 13.6. The van der Waals surface area contributed by atoms with Gasteiger partial charge in [0, 0.05) is 20.6 Å². The Kier molecular flexibility index (Phi) is 6.78. The first kappa shape index (κ1) is 17.1. The Morgan fingerprint density at radius 1 is 1.43 bits per heavy atom. The standard InChI is InChI=1S/C15H26N4O2/c1-6-9-16-15(17-10-14(20)19(4)5)18-12(3)13-8-7-11(2)21-13/h7-8,12H,6,9-10H2,1-5H3,(H2,16,17,18). The molecule has 0 saturated heterocycles. The first-order valence-corrected chi connectivity index (χ1v) is 7.25. The van der Waals surface area contributed by atoms with E-state index >= 15 is 0 Å². The van der Waals surface area contributed by atoms with Crippen molar-refractivity contribution in [2.75, 3.05) is 27.2 Å². The van der Waals surface area contributed by atoms with E-state index in [1.54, 1.807) is 14.1 Å². The number of carbonyl (C=O) groups excluding carboxylic acids is 1. The fraction of sp³-hybridized carbons (Fsp3) is 0.600. The number of rotatable bonds is 6. The van der Waals surface area contributed by atoms with Crippen molar-refractivity contribution >= 4 is 11.9 Å². The SMILES string of the molecule is CCCNC(=NCC(=O)N(C)C)NC(C)c1ccc(C)o1. The Morgan fingerprint density at radius 3 is 2.67 bits per heavy atom. The number of carbonyl (C=O) groups is 1. The molecule has 1 aromatic heterocycles. The number of hydrogen-bond acceptors (Lipinski definition) is 3. The Bertz CT molecular complexity index is 480. The van der Waals surface area contributed by atoms with Gasteiger partial charge in [0.15, 0.2) is 5.96 Å². The van der Waals surface area contributed by atoms with Crippen molar-refractivity contribution in [3.05, 3.63) is 23.7 Å². The molecule has 0 bridgehead atoms. The zero-order valence-corrected chi connectivity index (χ0v) is 13.6. The molecule has 1 amide bonds. The van der Waals surface area contributed by atoms with Gasteiger partial charge in [0.05, 0.1) is 6.04 Å². The molecule has 0 fully saturated rings. The normalized spacial score (nSPS) is 12.9. The summed E-state index contributed by atoms with van der Waals surface area (Å²) in [7, 11) is 3.44. The first-order chi connectivity index (χ1) is 9.93. The van der Waals surface area contributed by atoms with E-state index in [9.17, 15) is 4.79 Å². The lowest BCUT2D eigenvalue weighted by Gasteiger charge is -2.17. The maximum absolute atomic E-state index is 11.6. The van der Waals surface area contributed by atoms with Gasteiger partial charge >= 0.3 is 0 Å². The predicted octanol–water partition coefficient (Wildman–Crippen LogP) is 1.68. The lowest BCUT2D eigenvalue weighted by Crippen LogP contribution is -2.40. The highest BCUT2D eigenvalue weighted by atomic mass is 16.3. The maximum Gasteiger partial charge on any atom is 0.243 e. The molecule has 0 aliphatic carbocycles. The van der Waals surface area contributed by atoms with E-state index in [-0.39, 0.29) is 18.5 Å². The first-order valence-electron chi connectivity index (χ1n) is 7.25. The smallest absolute Gasteiger partial charge is 0.243 e. The summed E-state index contributed by atoms with van der Waals surface area (Å²) in [5.41, 5.74) is 0. The van der Waals surface area contributed by atoms with Crippen molar-refractivity contribution in [2.45, 2.75) is 33.2 Å². The zero-order chi connectivity index (χ0) is 15.8. The van der Waals surface area contributed by atoms with E-state index < -0.39 is 0 Å². The number of guanidine groups is 1. The fourth-order valence-electron chi connectivity index (χ4n) is 1.65. The van der Waals surface area contributed by atoms with E-state index in [4.69, 9.17) is 4.42 Å². The number of likely N-dealkylation sites (N-methyl/N-ethyl adjacent to an activating group) is 1. The summed E-state index contributed by atoms with van der Waals surface area (Å²) >= 11 is 0. The van der Waals surface area contributed by atoms with Crippen molar-refractivity contribution in [1.82, 2.24) is 15.5 Å². The second-order valence-electron chi connectivity index (χ2n) is 5.19. The van der Waals surface area contributed by atoms with Crippen LogP contribution in [0, 0.1) is 6.92 Å². The lowest BCUT2D eigenvalue weighted by molar-refractivity contribution is -0.127. The predicted molar refractivity (Wildman–Crippen MR) is 84.3 cm³/mol. The second kappa shape index (κ2) is 8.34. The Hall–Kier alpha value is -1.98. The number of nitrogens with zero attached hydrogens (tertiary/aromatic N) is 2. The van der Waals surface area contributed by atoms with Crippen LogP contribution in [0.2, 0.25) is 0 Å². The number of amides is 1. The Labute approximate surface area is 126 Å². The number of aryl methyl sites for hydroxylation is 1. The van der Waals surface area contributed by atoms with Gasteiger partial charge in [-0.2, -0.15) is 0 Å². The molecular weight excluding hydrogens is 268 g/mol. The molecule has 1 rings (SSSR count). The minimum Gasteiger partial charge on any atom is -0.464 e. The highest BCUT2D eigenvalue weighted by Gasteiger charge is 2.12. The molecular formula is C15H26N4O2. The summed E-state index contributed by atoms with van der Waals surface area (Å²) in [4.78, 5) is 17.5. The van der Waals surface area contributed by atoms with Gasteiger partial charge < -0.3 is 20.0 Å². The van der Waals surface area contributed by atoms with Gasteiger partial charge in [-0.1, -0.05) is 6.92 Å².